The molecule has 3 nitrogen and oxygen atoms in total. The van der Waals surface area contributed by atoms with Crippen molar-refractivity contribution in [2.24, 2.45) is 0 Å². The van der Waals surface area contributed by atoms with Gasteiger partial charge in [0, 0.05) is 24.0 Å². The molecule has 0 fully saturated rings. The Labute approximate surface area is 106 Å². The Hall–Kier alpha value is -2.29. The third-order valence-electron chi connectivity index (χ3n) is 3.01. The van der Waals surface area contributed by atoms with Crippen LogP contribution in [0.1, 0.15) is 5.56 Å². The van der Waals surface area contributed by atoms with Crippen LogP contribution < -0.4 is 4.74 Å². The Morgan fingerprint density at radius 2 is 1.89 bits per heavy atom. The summed E-state index contributed by atoms with van der Waals surface area (Å²) in [5.41, 5.74) is 4.25. The van der Waals surface area contributed by atoms with Crippen molar-refractivity contribution in [3.63, 3.8) is 0 Å². The fraction of sp³-hybridized carbons (Fsp3) is 0.133. The molecule has 90 valence electrons. The van der Waals surface area contributed by atoms with Crippen LogP contribution >= 0.6 is 0 Å². The second-order valence-electron chi connectivity index (χ2n) is 4.32. The number of nitrogens with zero attached hydrogens (tertiary/aromatic N) is 2. The van der Waals surface area contributed by atoms with Crippen molar-refractivity contribution in [3.8, 4) is 17.0 Å². The van der Waals surface area contributed by atoms with E-state index in [1.54, 1.807) is 7.11 Å². The van der Waals surface area contributed by atoms with Gasteiger partial charge in [0.1, 0.15) is 11.4 Å². The Balaban J connectivity index is 2.10. The summed E-state index contributed by atoms with van der Waals surface area (Å²) < 4.78 is 7.20. The second kappa shape index (κ2) is 4.18. The van der Waals surface area contributed by atoms with E-state index in [9.17, 15) is 0 Å². The molecule has 2 heterocycles. The molecule has 1 aromatic carbocycles. The Morgan fingerprint density at radius 1 is 1.11 bits per heavy atom. The van der Waals surface area contributed by atoms with Crippen molar-refractivity contribution >= 4 is 5.65 Å². The molecule has 0 bridgehead atoms. The maximum Gasteiger partial charge on any atom is 0.141 e. The van der Waals surface area contributed by atoms with Gasteiger partial charge < -0.3 is 9.14 Å². The zero-order chi connectivity index (χ0) is 12.5. The first-order chi connectivity index (χ1) is 8.76. The van der Waals surface area contributed by atoms with Crippen LogP contribution in [0, 0.1) is 6.92 Å². The maximum absolute atomic E-state index is 5.20. The largest absolute Gasteiger partial charge is 0.497 e. The number of fused-ring (bicyclic) bond motifs is 1. The first kappa shape index (κ1) is 10.8. The highest BCUT2D eigenvalue weighted by Gasteiger charge is 2.04. The van der Waals surface area contributed by atoms with E-state index in [0.29, 0.717) is 0 Å². The molecule has 0 saturated carbocycles. The van der Waals surface area contributed by atoms with Gasteiger partial charge in [-0.2, -0.15) is 0 Å². The van der Waals surface area contributed by atoms with E-state index in [0.717, 1.165) is 22.7 Å². The number of benzene rings is 1. The molecule has 2 aromatic heterocycles. The molecule has 0 N–H and O–H groups in total. The van der Waals surface area contributed by atoms with Crippen LogP contribution in [0.2, 0.25) is 0 Å². The van der Waals surface area contributed by atoms with Gasteiger partial charge in [-0.15, -0.1) is 0 Å². The molecule has 3 heteroatoms. The summed E-state index contributed by atoms with van der Waals surface area (Å²) in [6.07, 6.45) is 3.98. The van der Waals surface area contributed by atoms with Crippen molar-refractivity contribution in [2.75, 3.05) is 7.11 Å². The molecule has 0 aliphatic carbocycles. The summed E-state index contributed by atoms with van der Waals surface area (Å²) in [6.45, 7) is 2.08. The predicted molar refractivity (Wildman–Crippen MR) is 71.9 cm³/mol. The predicted octanol–water partition coefficient (Wildman–Crippen LogP) is 3.32. The SMILES string of the molecule is COc1ccn2cc(-c3ccc(C)cc3)nc2c1. The number of aryl methyl sites for hydroxylation is 1. The molecular formula is C15H14N2O. The summed E-state index contributed by atoms with van der Waals surface area (Å²) in [6, 6.07) is 12.2. The molecule has 0 aliphatic rings. The highest BCUT2D eigenvalue weighted by atomic mass is 16.5. The lowest BCUT2D eigenvalue weighted by atomic mass is 10.1. The molecule has 0 spiro atoms. The van der Waals surface area contributed by atoms with Crippen LogP contribution in [-0.4, -0.2) is 16.5 Å². The van der Waals surface area contributed by atoms with Crippen LogP contribution in [0.5, 0.6) is 5.75 Å². The molecule has 18 heavy (non-hydrogen) atoms. The first-order valence-corrected chi connectivity index (χ1v) is 5.86. The summed E-state index contributed by atoms with van der Waals surface area (Å²) in [7, 11) is 1.66. The Kier molecular flexibility index (Phi) is 2.52. The Bertz CT molecular complexity index is 683. The summed E-state index contributed by atoms with van der Waals surface area (Å²) in [4.78, 5) is 4.60. The second-order valence-corrected chi connectivity index (χ2v) is 4.32. The van der Waals surface area contributed by atoms with Gasteiger partial charge in [-0.25, -0.2) is 4.98 Å². The first-order valence-electron chi connectivity index (χ1n) is 5.86. The number of pyridine rings is 1. The zero-order valence-electron chi connectivity index (χ0n) is 10.4. The maximum atomic E-state index is 5.20. The van der Waals surface area contributed by atoms with Gasteiger partial charge >= 0.3 is 0 Å². The minimum Gasteiger partial charge on any atom is -0.497 e. The molecule has 3 aromatic rings. The van der Waals surface area contributed by atoms with E-state index in [2.05, 4.69) is 36.2 Å². The fourth-order valence-electron chi connectivity index (χ4n) is 1.95. The van der Waals surface area contributed by atoms with E-state index in [1.165, 1.54) is 5.56 Å². The zero-order valence-corrected chi connectivity index (χ0v) is 10.4. The van der Waals surface area contributed by atoms with Gasteiger partial charge in [0.05, 0.1) is 12.8 Å². The molecule has 0 atom stereocenters. The average Bonchev–Trinajstić information content (AvgIpc) is 2.82. The standard InChI is InChI=1S/C15H14N2O/c1-11-3-5-12(6-4-11)14-10-17-8-7-13(18-2)9-15(17)16-14/h3-10H,1-2H3. The number of hydrogen-bond acceptors (Lipinski definition) is 2. The van der Waals surface area contributed by atoms with Gasteiger partial charge in [0.2, 0.25) is 0 Å². The monoisotopic (exact) mass is 238 g/mol. The molecule has 0 aliphatic heterocycles. The lowest BCUT2D eigenvalue weighted by molar-refractivity contribution is 0.414. The van der Waals surface area contributed by atoms with Crippen molar-refractivity contribution in [3.05, 3.63) is 54.4 Å². The van der Waals surface area contributed by atoms with Gasteiger partial charge in [-0.1, -0.05) is 29.8 Å². The fourth-order valence-corrected chi connectivity index (χ4v) is 1.95. The molecular weight excluding hydrogens is 224 g/mol. The van der Waals surface area contributed by atoms with Crippen LogP contribution in [0.4, 0.5) is 0 Å². The highest BCUT2D eigenvalue weighted by Crippen LogP contribution is 2.21. The van der Waals surface area contributed by atoms with Crippen molar-refractivity contribution in [2.45, 2.75) is 6.92 Å². The molecule has 0 amide bonds. The van der Waals surface area contributed by atoms with Gasteiger partial charge in [-0.3, -0.25) is 0 Å². The number of hydrogen-bond donors (Lipinski definition) is 0. The van der Waals surface area contributed by atoms with Crippen molar-refractivity contribution < 1.29 is 4.74 Å². The van der Waals surface area contributed by atoms with Crippen molar-refractivity contribution in [1.82, 2.24) is 9.38 Å². The third kappa shape index (κ3) is 1.84. The molecule has 3 rings (SSSR count). The quantitative estimate of drug-likeness (QED) is 0.684. The molecule has 0 radical (unpaired) electrons. The number of methoxy groups -OCH3 is 1. The topological polar surface area (TPSA) is 26.5 Å². The van der Waals surface area contributed by atoms with Gasteiger partial charge in [0.15, 0.2) is 0 Å². The van der Waals surface area contributed by atoms with E-state index in [1.807, 2.05) is 28.9 Å². The van der Waals surface area contributed by atoms with E-state index in [4.69, 9.17) is 4.74 Å². The smallest absolute Gasteiger partial charge is 0.141 e. The van der Waals surface area contributed by atoms with Crippen LogP contribution in [0.25, 0.3) is 16.9 Å². The van der Waals surface area contributed by atoms with E-state index >= 15 is 0 Å². The van der Waals surface area contributed by atoms with Crippen LogP contribution in [0.15, 0.2) is 48.8 Å². The number of ether oxygens (including phenoxy) is 1. The summed E-state index contributed by atoms with van der Waals surface area (Å²) >= 11 is 0. The molecule has 0 unspecified atom stereocenters. The average molecular weight is 238 g/mol. The van der Waals surface area contributed by atoms with Gasteiger partial charge in [0.25, 0.3) is 0 Å². The lowest BCUT2D eigenvalue weighted by Gasteiger charge is -1.98. The minimum atomic E-state index is 0.823. The van der Waals surface area contributed by atoms with Gasteiger partial charge in [-0.05, 0) is 13.0 Å². The third-order valence-corrected chi connectivity index (χ3v) is 3.01. The lowest BCUT2D eigenvalue weighted by Crippen LogP contribution is -1.86. The van der Waals surface area contributed by atoms with Crippen LogP contribution in [0.3, 0.4) is 0 Å². The Morgan fingerprint density at radius 3 is 2.61 bits per heavy atom. The number of rotatable bonds is 2. The minimum absolute atomic E-state index is 0.823. The number of aromatic nitrogens is 2. The summed E-state index contributed by atoms with van der Waals surface area (Å²) in [5.74, 6) is 0.823. The highest BCUT2D eigenvalue weighted by molar-refractivity contribution is 5.63. The summed E-state index contributed by atoms with van der Waals surface area (Å²) in [5, 5.41) is 0. The molecule has 0 saturated heterocycles. The normalized spacial score (nSPS) is 10.8. The van der Waals surface area contributed by atoms with Crippen LogP contribution in [-0.2, 0) is 0 Å². The number of imidazole rings is 1. The van der Waals surface area contributed by atoms with E-state index < -0.39 is 0 Å². The van der Waals surface area contributed by atoms with E-state index in [-0.39, 0.29) is 0 Å². The van der Waals surface area contributed by atoms with Crippen molar-refractivity contribution in [1.29, 1.82) is 0 Å².